The van der Waals surface area contributed by atoms with Crippen molar-refractivity contribution in [1.29, 1.82) is 5.41 Å². The number of aromatic nitrogens is 1. The van der Waals surface area contributed by atoms with Gasteiger partial charge in [-0.1, -0.05) is 15.9 Å². The maximum absolute atomic E-state index is 7.28. The van der Waals surface area contributed by atoms with Crippen molar-refractivity contribution in [1.82, 2.24) is 4.98 Å². The van der Waals surface area contributed by atoms with Crippen molar-refractivity contribution >= 4 is 21.8 Å². The number of nitrogens with two attached hydrogens (primary N) is 1. The van der Waals surface area contributed by atoms with Gasteiger partial charge in [0.25, 0.3) is 0 Å². The van der Waals surface area contributed by atoms with Crippen LogP contribution in [0.1, 0.15) is 16.8 Å². The fraction of sp³-hybridized carbons (Fsp3) is 0.143. The molecule has 0 amide bonds. The van der Waals surface area contributed by atoms with Crippen molar-refractivity contribution in [2.75, 3.05) is 0 Å². The minimum Gasteiger partial charge on any atom is -0.456 e. The van der Waals surface area contributed by atoms with E-state index in [-0.39, 0.29) is 5.84 Å². The van der Waals surface area contributed by atoms with Gasteiger partial charge in [-0.15, -0.1) is 0 Å². The van der Waals surface area contributed by atoms with Crippen LogP contribution in [0.5, 0.6) is 11.5 Å². The number of halogens is 1. The van der Waals surface area contributed by atoms with Crippen molar-refractivity contribution in [3.63, 3.8) is 0 Å². The zero-order chi connectivity index (χ0) is 14.0. The molecule has 0 bridgehead atoms. The Bertz CT molecular complexity index is 600. The first-order chi connectivity index (χ1) is 8.97. The highest BCUT2D eigenvalue weighted by Gasteiger charge is 2.05. The van der Waals surface area contributed by atoms with Crippen LogP contribution in [0.25, 0.3) is 0 Å². The molecule has 3 N–H and O–H groups in total. The van der Waals surface area contributed by atoms with Crippen LogP contribution in [0.4, 0.5) is 0 Å². The summed E-state index contributed by atoms with van der Waals surface area (Å²) in [4.78, 5) is 4.05. The number of pyridine rings is 1. The van der Waals surface area contributed by atoms with Gasteiger partial charge in [0.1, 0.15) is 23.0 Å². The molecule has 0 radical (unpaired) electrons. The summed E-state index contributed by atoms with van der Waals surface area (Å²) in [6.07, 6.45) is 1.56. The van der Waals surface area contributed by atoms with Crippen LogP contribution < -0.4 is 10.5 Å². The minimum atomic E-state index is -0.0538. The third kappa shape index (κ3) is 3.12. The van der Waals surface area contributed by atoms with Crippen LogP contribution in [0.15, 0.2) is 34.9 Å². The van der Waals surface area contributed by atoms with Gasteiger partial charge in [0.05, 0.1) is 6.20 Å². The lowest BCUT2D eigenvalue weighted by Crippen LogP contribution is -2.12. The van der Waals surface area contributed by atoms with E-state index in [1.807, 2.05) is 26.0 Å². The number of rotatable bonds is 3. The van der Waals surface area contributed by atoms with E-state index in [4.69, 9.17) is 15.9 Å². The lowest BCUT2D eigenvalue weighted by molar-refractivity contribution is 0.479. The lowest BCUT2D eigenvalue weighted by Gasteiger charge is -2.09. The maximum Gasteiger partial charge on any atom is 0.145 e. The molecule has 1 aromatic heterocycles. The zero-order valence-electron chi connectivity index (χ0n) is 10.7. The first-order valence-electron chi connectivity index (χ1n) is 5.72. The SMILES string of the molecule is Cc1cc(Oc2ccc(C(=N)N)nc2)cc(C)c1Br. The number of benzene rings is 1. The standard InChI is InChI=1S/C14H14BrN3O/c1-8-5-11(6-9(2)13(8)15)19-10-3-4-12(14(16)17)18-7-10/h3-7H,1-2H3,(H3,16,17). The number of hydrogen-bond acceptors (Lipinski definition) is 3. The van der Waals surface area contributed by atoms with Gasteiger partial charge in [-0.3, -0.25) is 5.41 Å². The molecule has 0 unspecified atom stereocenters. The van der Waals surface area contributed by atoms with Gasteiger partial charge in [-0.25, -0.2) is 4.98 Å². The Labute approximate surface area is 120 Å². The third-order valence-corrected chi connectivity index (χ3v) is 3.91. The summed E-state index contributed by atoms with van der Waals surface area (Å²) in [7, 11) is 0. The molecule has 0 saturated heterocycles. The number of aryl methyl sites for hydroxylation is 2. The molecule has 19 heavy (non-hydrogen) atoms. The van der Waals surface area contributed by atoms with Gasteiger partial charge in [0.2, 0.25) is 0 Å². The van der Waals surface area contributed by atoms with Gasteiger partial charge >= 0.3 is 0 Å². The van der Waals surface area contributed by atoms with Crippen molar-refractivity contribution in [3.8, 4) is 11.5 Å². The quantitative estimate of drug-likeness (QED) is 0.671. The second kappa shape index (κ2) is 5.40. The molecule has 2 rings (SSSR count). The maximum atomic E-state index is 7.28. The van der Waals surface area contributed by atoms with Gasteiger partial charge in [0.15, 0.2) is 0 Å². The average molecular weight is 320 g/mol. The van der Waals surface area contributed by atoms with Crippen molar-refractivity contribution in [2.45, 2.75) is 13.8 Å². The summed E-state index contributed by atoms with van der Waals surface area (Å²) in [6.45, 7) is 4.03. The predicted octanol–water partition coefficient (Wildman–Crippen LogP) is 3.54. The Morgan fingerprint density at radius 1 is 1.21 bits per heavy atom. The first kappa shape index (κ1) is 13.5. The number of hydrogen-bond donors (Lipinski definition) is 2. The third-order valence-electron chi connectivity index (χ3n) is 2.66. The second-order valence-electron chi connectivity index (χ2n) is 4.27. The predicted molar refractivity (Wildman–Crippen MR) is 78.9 cm³/mol. The van der Waals surface area contributed by atoms with Crippen LogP contribution >= 0.6 is 15.9 Å². The number of nitrogens with one attached hydrogen (secondary N) is 1. The fourth-order valence-corrected chi connectivity index (χ4v) is 1.93. The average Bonchev–Trinajstić information content (AvgIpc) is 2.36. The second-order valence-corrected chi connectivity index (χ2v) is 5.06. The summed E-state index contributed by atoms with van der Waals surface area (Å²) in [5.74, 6) is 1.32. The summed E-state index contributed by atoms with van der Waals surface area (Å²) >= 11 is 3.52. The van der Waals surface area contributed by atoms with E-state index in [0.717, 1.165) is 21.3 Å². The smallest absolute Gasteiger partial charge is 0.145 e. The van der Waals surface area contributed by atoms with Crippen LogP contribution in [0.3, 0.4) is 0 Å². The van der Waals surface area contributed by atoms with Crippen LogP contribution in [0.2, 0.25) is 0 Å². The summed E-state index contributed by atoms with van der Waals surface area (Å²) in [5.41, 5.74) is 8.02. The van der Waals surface area contributed by atoms with Gasteiger partial charge in [-0.2, -0.15) is 0 Å². The summed E-state index contributed by atoms with van der Waals surface area (Å²) in [6, 6.07) is 7.32. The first-order valence-corrected chi connectivity index (χ1v) is 6.51. The Hall–Kier alpha value is -1.88. The minimum absolute atomic E-state index is 0.0538. The molecule has 5 heteroatoms. The van der Waals surface area contributed by atoms with Crippen LogP contribution in [-0.2, 0) is 0 Å². The zero-order valence-corrected chi connectivity index (χ0v) is 12.3. The van der Waals surface area contributed by atoms with E-state index in [1.165, 1.54) is 0 Å². The Kier molecular flexibility index (Phi) is 3.85. The van der Waals surface area contributed by atoms with Gasteiger partial charge in [0, 0.05) is 4.47 Å². The molecule has 1 heterocycles. The van der Waals surface area contributed by atoms with Crippen molar-refractivity contribution in [3.05, 3.63) is 51.8 Å². The number of amidine groups is 1. The molecule has 0 fully saturated rings. The van der Waals surface area contributed by atoms with Gasteiger partial charge < -0.3 is 10.5 Å². The van der Waals surface area contributed by atoms with Crippen molar-refractivity contribution < 1.29 is 4.74 Å². The fourth-order valence-electron chi connectivity index (χ4n) is 1.70. The molecule has 0 aliphatic carbocycles. The van der Waals surface area contributed by atoms with E-state index in [9.17, 15) is 0 Å². The van der Waals surface area contributed by atoms with Crippen LogP contribution in [0, 0.1) is 19.3 Å². The topological polar surface area (TPSA) is 72.0 Å². The van der Waals surface area contributed by atoms with E-state index >= 15 is 0 Å². The molecule has 2 aromatic rings. The monoisotopic (exact) mass is 319 g/mol. The van der Waals surface area contributed by atoms with E-state index in [2.05, 4.69) is 20.9 Å². The van der Waals surface area contributed by atoms with Crippen molar-refractivity contribution in [2.24, 2.45) is 5.73 Å². The Morgan fingerprint density at radius 3 is 2.32 bits per heavy atom. The summed E-state index contributed by atoms with van der Waals surface area (Å²) in [5, 5.41) is 7.28. The highest BCUT2D eigenvalue weighted by Crippen LogP contribution is 2.29. The number of ether oxygens (including phenoxy) is 1. The molecule has 0 aliphatic rings. The van der Waals surface area contributed by atoms with E-state index in [0.29, 0.717) is 11.4 Å². The lowest BCUT2D eigenvalue weighted by atomic mass is 10.1. The molecular weight excluding hydrogens is 306 g/mol. The molecule has 98 valence electrons. The molecule has 0 aliphatic heterocycles. The largest absolute Gasteiger partial charge is 0.456 e. The highest BCUT2D eigenvalue weighted by atomic mass is 79.9. The van der Waals surface area contributed by atoms with E-state index < -0.39 is 0 Å². The summed E-state index contributed by atoms with van der Waals surface area (Å²) < 4.78 is 6.82. The molecule has 0 atom stereocenters. The molecule has 1 aromatic carbocycles. The molecule has 0 saturated carbocycles. The van der Waals surface area contributed by atoms with Gasteiger partial charge in [-0.05, 0) is 49.2 Å². The van der Waals surface area contributed by atoms with E-state index in [1.54, 1.807) is 18.3 Å². The number of nitrogen functional groups attached to an aromatic ring is 1. The van der Waals surface area contributed by atoms with Crippen LogP contribution in [-0.4, -0.2) is 10.8 Å². The Morgan fingerprint density at radius 2 is 1.84 bits per heavy atom. The Balaban J connectivity index is 2.24. The molecular formula is C14H14BrN3O. The molecule has 4 nitrogen and oxygen atoms in total. The molecule has 0 spiro atoms. The highest BCUT2D eigenvalue weighted by molar-refractivity contribution is 9.10. The number of nitrogens with zero attached hydrogens (tertiary/aromatic N) is 1. The normalized spacial score (nSPS) is 10.3.